The lowest BCUT2D eigenvalue weighted by Gasteiger charge is -2.31. The van der Waals surface area contributed by atoms with Crippen LogP contribution in [0.2, 0.25) is 0 Å². The van der Waals surface area contributed by atoms with Gasteiger partial charge in [-0.1, -0.05) is 90.0 Å². The molecule has 0 spiro atoms. The van der Waals surface area contributed by atoms with E-state index in [0.717, 1.165) is 22.3 Å². The minimum Gasteiger partial charge on any atom is -0.357 e. The third-order valence-electron chi connectivity index (χ3n) is 5.74. The summed E-state index contributed by atoms with van der Waals surface area (Å²) in [6, 6.07) is 25.7. The van der Waals surface area contributed by atoms with Gasteiger partial charge < -0.3 is 10.2 Å². The molecule has 4 heteroatoms. The first-order valence-electron chi connectivity index (χ1n) is 11.1. The van der Waals surface area contributed by atoms with Gasteiger partial charge in [0.15, 0.2) is 0 Å². The average molecular weight is 429 g/mol. The van der Waals surface area contributed by atoms with Gasteiger partial charge in [-0.3, -0.25) is 9.59 Å². The second-order valence-electron chi connectivity index (χ2n) is 8.31. The van der Waals surface area contributed by atoms with Crippen molar-refractivity contribution in [2.75, 3.05) is 7.05 Å². The highest BCUT2D eigenvalue weighted by Crippen LogP contribution is 2.17. The van der Waals surface area contributed by atoms with Crippen molar-refractivity contribution in [1.82, 2.24) is 10.2 Å². The minimum atomic E-state index is -0.575. The first-order chi connectivity index (χ1) is 15.5. The molecular weight excluding hydrogens is 396 g/mol. The van der Waals surface area contributed by atoms with E-state index in [1.807, 2.05) is 61.5 Å². The van der Waals surface area contributed by atoms with Gasteiger partial charge >= 0.3 is 0 Å². The molecule has 1 N–H and O–H groups in total. The van der Waals surface area contributed by atoms with Gasteiger partial charge in [0, 0.05) is 26.4 Å². The van der Waals surface area contributed by atoms with Crippen molar-refractivity contribution >= 4 is 11.8 Å². The minimum absolute atomic E-state index is 0.0179. The van der Waals surface area contributed by atoms with Crippen LogP contribution < -0.4 is 5.32 Å². The number of hydrogen-bond donors (Lipinski definition) is 1. The molecule has 2 amide bonds. The zero-order valence-electron chi connectivity index (χ0n) is 19.2. The topological polar surface area (TPSA) is 49.4 Å². The Balaban J connectivity index is 1.85. The first kappa shape index (κ1) is 23.3. The maximum absolute atomic E-state index is 13.5. The van der Waals surface area contributed by atoms with Crippen molar-refractivity contribution in [3.05, 3.63) is 107 Å². The van der Waals surface area contributed by atoms with Crippen molar-refractivity contribution in [2.24, 2.45) is 0 Å². The summed E-state index contributed by atoms with van der Waals surface area (Å²) in [5.74, 6) is -0.166. The molecule has 0 radical (unpaired) electrons. The molecule has 0 saturated carbocycles. The molecule has 0 fully saturated rings. The highest BCUT2D eigenvalue weighted by atomic mass is 16.2. The average Bonchev–Trinajstić information content (AvgIpc) is 2.82. The van der Waals surface area contributed by atoms with Gasteiger partial charge in [0.2, 0.25) is 11.8 Å². The van der Waals surface area contributed by atoms with E-state index in [1.54, 1.807) is 11.9 Å². The van der Waals surface area contributed by atoms with Gasteiger partial charge in [-0.25, -0.2) is 0 Å². The molecule has 3 rings (SSSR count). The zero-order chi connectivity index (χ0) is 22.9. The molecule has 3 aromatic rings. The number of nitrogens with zero attached hydrogens (tertiary/aromatic N) is 1. The molecule has 0 aliphatic rings. The first-order valence-corrected chi connectivity index (χ1v) is 11.1. The zero-order valence-corrected chi connectivity index (χ0v) is 19.2. The summed E-state index contributed by atoms with van der Waals surface area (Å²) in [6.45, 7) is 4.49. The van der Waals surface area contributed by atoms with E-state index in [4.69, 9.17) is 0 Å². The molecule has 0 aliphatic heterocycles. The Morgan fingerprint density at radius 3 is 1.91 bits per heavy atom. The maximum Gasteiger partial charge on any atom is 0.242 e. The Bertz CT molecular complexity index is 1010. The molecule has 1 unspecified atom stereocenters. The lowest BCUT2D eigenvalue weighted by Crippen LogP contribution is -2.49. The molecule has 0 heterocycles. The van der Waals surface area contributed by atoms with Crippen molar-refractivity contribution in [2.45, 2.75) is 45.7 Å². The Hall–Kier alpha value is -3.40. The summed E-state index contributed by atoms with van der Waals surface area (Å²) in [5, 5.41) is 2.76. The van der Waals surface area contributed by atoms with Crippen LogP contribution >= 0.6 is 0 Å². The molecule has 0 aliphatic carbocycles. The lowest BCUT2D eigenvalue weighted by atomic mass is 10.0. The van der Waals surface area contributed by atoms with Crippen LogP contribution in [0.4, 0.5) is 0 Å². The number of likely N-dealkylation sites (N-methyl/N-ethyl adjacent to an activating group) is 1. The Kier molecular flexibility index (Phi) is 8.20. The Morgan fingerprint density at radius 2 is 1.34 bits per heavy atom. The number of benzene rings is 3. The lowest BCUT2D eigenvalue weighted by molar-refractivity contribution is -0.141. The quantitative estimate of drug-likeness (QED) is 0.541. The summed E-state index contributed by atoms with van der Waals surface area (Å²) < 4.78 is 0. The predicted molar refractivity (Wildman–Crippen MR) is 129 cm³/mol. The van der Waals surface area contributed by atoms with Gasteiger partial charge in [0.25, 0.3) is 0 Å². The number of hydrogen-bond acceptors (Lipinski definition) is 2. The van der Waals surface area contributed by atoms with Crippen LogP contribution in [0.5, 0.6) is 0 Å². The largest absolute Gasteiger partial charge is 0.357 e. The summed E-state index contributed by atoms with van der Waals surface area (Å²) in [4.78, 5) is 28.1. The molecule has 3 aromatic carbocycles. The highest BCUT2D eigenvalue weighted by Gasteiger charge is 2.29. The Morgan fingerprint density at radius 1 is 0.781 bits per heavy atom. The molecular formula is C28H32N2O2. The Labute approximate surface area is 191 Å². The fraction of sp³-hybridized carbons (Fsp3) is 0.286. The van der Waals surface area contributed by atoms with Crippen LogP contribution in [0.15, 0.2) is 78.9 Å². The van der Waals surface area contributed by atoms with Crippen LogP contribution in [-0.2, 0) is 29.0 Å². The predicted octanol–water partition coefficient (Wildman–Crippen LogP) is 4.62. The fourth-order valence-corrected chi connectivity index (χ4v) is 3.76. The number of carbonyl (C=O) groups is 2. The van der Waals surface area contributed by atoms with E-state index in [9.17, 15) is 9.59 Å². The molecule has 32 heavy (non-hydrogen) atoms. The van der Waals surface area contributed by atoms with Gasteiger partial charge in [-0.2, -0.15) is 0 Å². The number of rotatable bonds is 9. The third kappa shape index (κ3) is 6.55. The number of amides is 2. The van der Waals surface area contributed by atoms with Crippen molar-refractivity contribution in [1.29, 1.82) is 0 Å². The summed E-state index contributed by atoms with van der Waals surface area (Å²) in [6.07, 6.45) is 1.48. The van der Waals surface area contributed by atoms with Crippen LogP contribution in [0.1, 0.15) is 34.2 Å². The van der Waals surface area contributed by atoms with Crippen molar-refractivity contribution in [3.63, 3.8) is 0 Å². The normalized spacial score (nSPS) is 11.6. The van der Waals surface area contributed by atoms with E-state index in [1.165, 1.54) is 5.56 Å². The second-order valence-corrected chi connectivity index (χ2v) is 8.31. The third-order valence-corrected chi connectivity index (χ3v) is 5.74. The smallest absolute Gasteiger partial charge is 0.242 e. The summed E-state index contributed by atoms with van der Waals surface area (Å²) in [5.41, 5.74) is 5.53. The summed E-state index contributed by atoms with van der Waals surface area (Å²) in [7, 11) is 1.63. The molecule has 1 atom stereocenters. The van der Waals surface area contributed by atoms with Gasteiger partial charge in [0.05, 0.1) is 0 Å². The number of carbonyl (C=O) groups excluding carboxylic acids is 2. The van der Waals surface area contributed by atoms with Crippen molar-refractivity contribution in [3.8, 4) is 0 Å². The molecule has 0 saturated heterocycles. The van der Waals surface area contributed by atoms with E-state index in [2.05, 4.69) is 36.5 Å². The molecule has 166 valence electrons. The van der Waals surface area contributed by atoms with E-state index < -0.39 is 6.04 Å². The number of aryl methyl sites for hydroxylation is 3. The van der Waals surface area contributed by atoms with Gasteiger partial charge in [0.1, 0.15) is 6.04 Å². The number of nitrogens with one attached hydrogen (secondary N) is 1. The SMILES string of the molecule is CNC(=O)C(Cc1ccccc1)N(Cc1ccc(C)cc1)C(=O)CCc1ccc(C)cc1. The van der Waals surface area contributed by atoms with E-state index in [0.29, 0.717) is 25.8 Å². The summed E-state index contributed by atoms with van der Waals surface area (Å²) >= 11 is 0. The van der Waals surface area contributed by atoms with E-state index >= 15 is 0 Å². The fourth-order valence-electron chi connectivity index (χ4n) is 3.76. The standard InChI is InChI=1S/C28H32N2O2/c1-21-9-13-23(14-10-21)17-18-27(31)30(20-25-15-11-22(2)12-16-25)26(28(32)29-3)19-24-7-5-4-6-8-24/h4-16,26H,17-20H2,1-3H3,(H,29,32). The molecule has 0 aromatic heterocycles. The monoisotopic (exact) mass is 428 g/mol. The molecule has 4 nitrogen and oxygen atoms in total. The van der Waals surface area contributed by atoms with Crippen LogP contribution in [0.25, 0.3) is 0 Å². The van der Waals surface area contributed by atoms with Crippen LogP contribution in [-0.4, -0.2) is 29.8 Å². The van der Waals surface area contributed by atoms with E-state index in [-0.39, 0.29) is 11.8 Å². The highest BCUT2D eigenvalue weighted by molar-refractivity contribution is 5.88. The van der Waals surface area contributed by atoms with Crippen LogP contribution in [0, 0.1) is 13.8 Å². The van der Waals surface area contributed by atoms with Crippen molar-refractivity contribution < 1.29 is 9.59 Å². The maximum atomic E-state index is 13.5. The molecule has 0 bridgehead atoms. The second kappa shape index (κ2) is 11.3. The van der Waals surface area contributed by atoms with Gasteiger partial charge in [-0.05, 0) is 37.0 Å². The van der Waals surface area contributed by atoms with Crippen LogP contribution in [0.3, 0.4) is 0 Å². The van der Waals surface area contributed by atoms with Gasteiger partial charge in [-0.15, -0.1) is 0 Å².